The zero-order chi connectivity index (χ0) is 18.7. The summed E-state index contributed by atoms with van der Waals surface area (Å²) in [6.07, 6.45) is -2.79. The Bertz CT molecular complexity index is 721. The predicted molar refractivity (Wildman–Crippen MR) is 87.7 cm³/mol. The van der Waals surface area contributed by atoms with Gasteiger partial charge in [-0.05, 0) is 50.0 Å². The SMILES string of the molecule is CCN1CCC(c2cccc(S(=O)(=O)CC=CC(F)(F)F)c2F)CC1. The van der Waals surface area contributed by atoms with Gasteiger partial charge in [0.25, 0.3) is 0 Å². The summed E-state index contributed by atoms with van der Waals surface area (Å²) in [6, 6.07) is 4.12. The van der Waals surface area contributed by atoms with Crippen molar-refractivity contribution >= 4 is 9.84 Å². The van der Waals surface area contributed by atoms with Gasteiger partial charge in [0.1, 0.15) is 10.7 Å². The quantitative estimate of drug-likeness (QED) is 0.575. The zero-order valence-corrected chi connectivity index (χ0v) is 14.7. The van der Waals surface area contributed by atoms with Crippen LogP contribution in [0.4, 0.5) is 17.6 Å². The first-order chi connectivity index (χ1) is 11.6. The van der Waals surface area contributed by atoms with Crippen LogP contribution in [0.2, 0.25) is 0 Å². The fourth-order valence-electron chi connectivity index (χ4n) is 3.04. The molecule has 8 heteroatoms. The lowest BCUT2D eigenvalue weighted by Crippen LogP contribution is -2.32. The van der Waals surface area contributed by atoms with Crippen LogP contribution in [-0.4, -0.2) is 44.9 Å². The van der Waals surface area contributed by atoms with Gasteiger partial charge in [-0.2, -0.15) is 13.2 Å². The normalized spacial score (nSPS) is 18.1. The van der Waals surface area contributed by atoms with Gasteiger partial charge in [0, 0.05) is 6.08 Å². The summed E-state index contributed by atoms with van der Waals surface area (Å²) in [5.41, 5.74) is 0.330. The van der Waals surface area contributed by atoms with Crippen molar-refractivity contribution in [2.45, 2.75) is 36.8 Å². The van der Waals surface area contributed by atoms with E-state index in [-0.39, 0.29) is 12.0 Å². The Kier molecular flexibility index (Phi) is 6.26. The second-order valence-corrected chi connectivity index (χ2v) is 8.10. The van der Waals surface area contributed by atoms with Gasteiger partial charge in [0.15, 0.2) is 9.84 Å². The summed E-state index contributed by atoms with van der Waals surface area (Å²) in [7, 11) is -4.16. The Hall–Kier alpha value is -1.41. The number of likely N-dealkylation sites (tertiary alicyclic amines) is 1. The molecule has 140 valence electrons. The molecule has 1 fully saturated rings. The third-order valence-corrected chi connectivity index (χ3v) is 6.04. The smallest absolute Gasteiger partial charge is 0.304 e. The lowest BCUT2D eigenvalue weighted by Gasteiger charge is -2.31. The number of halogens is 4. The molecule has 1 heterocycles. The highest BCUT2D eigenvalue weighted by molar-refractivity contribution is 7.91. The van der Waals surface area contributed by atoms with Gasteiger partial charge in [0.2, 0.25) is 0 Å². The van der Waals surface area contributed by atoms with Crippen LogP contribution >= 0.6 is 0 Å². The van der Waals surface area contributed by atoms with Crippen LogP contribution in [0, 0.1) is 5.82 Å². The van der Waals surface area contributed by atoms with Gasteiger partial charge in [-0.15, -0.1) is 0 Å². The summed E-state index contributed by atoms with van der Waals surface area (Å²) >= 11 is 0. The average Bonchev–Trinajstić information content (AvgIpc) is 2.53. The molecule has 1 saturated heterocycles. The van der Waals surface area contributed by atoms with Gasteiger partial charge >= 0.3 is 6.18 Å². The molecule has 1 aliphatic heterocycles. The monoisotopic (exact) mass is 379 g/mol. The van der Waals surface area contributed by atoms with Gasteiger partial charge in [-0.3, -0.25) is 0 Å². The molecule has 0 saturated carbocycles. The van der Waals surface area contributed by atoms with Crippen LogP contribution in [0.15, 0.2) is 35.2 Å². The summed E-state index contributed by atoms with van der Waals surface area (Å²) in [6.45, 7) is 4.58. The highest BCUT2D eigenvalue weighted by Gasteiger charge is 2.27. The van der Waals surface area contributed by atoms with E-state index in [1.54, 1.807) is 6.07 Å². The molecule has 0 amide bonds. The summed E-state index contributed by atoms with van der Waals surface area (Å²) in [5, 5.41) is 0. The van der Waals surface area contributed by atoms with Crippen LogP contribution in [-0.2, 0) is 9.84 Å². The summed E-state index contributed by atoms with van der Waals surface area (Å²) < 4.78 is 75.5. The minimum absolute atomic E-state index is 0.0799. The molecule has 2 rings (SSSR count). The van der Waals surface area contributed by atoms with E-state index in [9.17, 15) is 26.0 Å². The van der Waals surface area contributed by atoms with E-state index >= 15 is 0 Å². The number of benzene rings is 1. The maximum Gasteiger partial charge on any atom is 0.409 e. The molecule has 0 aromatic heterocycles. The highest BCUT2D eigenvalue weighted by Crippen LogP contribution is 2.32. The molecule has 0 bridgehead atoms. The van der Waals surface area contributed by atoms with Crippen molar-refractivity contribution in [3.05, 3.63) is 41.7 Å². The first-order valence-electron chi connectivity index (χ1n) is 8.12. The molecule has 0 aliphatic carbocycles. The van der Waals surface area contributed by atoms with Crippen molar-refractivity contribution in [2.24, 2.45) is 0 Å². The highest BCUT2D eigenvalue weighted by atomic mass is 32.2. The largest absolute Gasteiger partial charge is 0.409 e. The lowest BCUT2D eigenvalue weighted by molar-refractivity contribution is -0.0799. The maximum absolute atomic E-state index is 14.8. The van der Waals surface area contributed by atoms with E-state index < -0.39 is 32.5 Å². The number of nitrogens with zero attached hydrogens (tertiary/aromatic N) is 1. The fourth-order valence-corrected chi connectivity index (χ4v) is 4.25. The second kappa shape index (κ2) is 7.86. The number of piperidine rings is 1. The molecule has 3 nitrogen and oxygen atoms in total. The Morgan fingerprint density at radius 3 is 2.44 bits per heavy atom. The lowest BCUT2D eigenvalue weighted by atomic mass is 9.89. The van der Waals surface area contributed by atoms with E-state index in [1.165, 1.54) is 6.07 Å². The zero-order valence-electron chi connectivity index (χ0n) is 13.9. The number of sulfone groups is 1. The summed E-state index contributed by atoms with van der Waals surface area (Å²) in [4.78, 5) is 1.70. The Labute approximate surface area is 145 Å². The van der Waals surface area contributed by atoms with Crippen molar-refractivity contribution in [3.8, 4) is 0 Å². The molecule has 1 aromatic carbocycles. The molecule has 1 aromatic rings. The molecule has 0 radical (unpaired) electrons. The van der Waals surface area contributed by atoms with Crippen molar-refractivity contribution in [1.29, 1.82) is 0 Å². The fraction of sp³-hybridized carbons (Fsp3) is 0.529. The van der Waals surface area contributed by atoms with E-state index in [4.69, 9.17) is 0 Å². The standard InChI is InChI=1S/C17H21F4NO2S/c1-2-22-10-7-13(8-11-22)14-5-3-6-15(16(14)18)25(23,24)12-4-9-17(19,20)21/h3-6,9,13H,2,7-8,10-12H2,1H3. The average molecular weight is 379 g/mol. The molecular formula is C17H21F4NO2S. The Morgan fingerprint density at radius 2 is 1.88 bits per heavy atom. The van der Waals surface area contributed by atoms with Gasteiger partial charge in [-0.1, -0.05) is 25.1 Å². The number of allylic oxidation sites excluding steroid dienone is 1. The number of rotatable bonds is 5. The van der Waals surface area contributed by atoms with E-state index in [0.717, 1.165) is 38.5 Å². The Balaban J connectivity index is 2.21. The molecule has 25 heavy (non-hydrogen) atoms. The Morgan fingerprint density at radius 1 is 1.24 bits per heavy atom. The van der Waals surface area contributed by atoms with Crippen molar-refractivity contribution in [1.82, 2.24) is 4.90 Å². The minimum atomic E-state index is -4.59. The van der Waals surface area contributed by atoms with Crippen molar-refractivity contribution < 1.29 is 26.0 Å². The third kappa shape index (κ3) is 5.28. The molecule has 0 unspecified atom stereocenters. The minimum Gasteiger partial charge on any atom is -0.304 e. The van der Waals surface area contributed by atoms with Crippen LogP contribution in [0.25, 0.3) is 0 Å². The summed E-state index contributed by atoms with van der Waals surface area (Å²) in [5.74, 6) is -1.80. The topological polar surface area (TPSA) is 37.4 Å². The van der Waals surface area contributed by atoms with Crippen LogP contribution in [0.1, 0.15) is 31.2 Å². The van der Waals surface area contributed by atoms with Crippen molar-refractivity contribution in [2.75, 3.05) is 25.4 Å². The van der Waals surface area contributed by atoms with E-state index in [0.29, 0.717) is 11.6 Å². The van der Waals surface area contributed by atoms with E-state index in [2.05, 4.69) is 4.90 Å². The molecule has 0 atom stereocenters. The van der Waals surface area contributed by atoms with Gasteiger partial charge in [0.05, 0.1) is 5.75 Å². The van der Waals surface area contributed by atoms with Crippen LogP contribution < -0.4 is 0 Å². The van der Waals surface area contributed by atoms with Crippen molar-refractivity contribution in [3.63, 3.8) is 0 Å². The molecule has 1 aliphatic rings. The van der Waals surface area contributed by atoms with Gasteiger partial charge in [-0.25, -0.2) is 12.8 Å². The van der Waals surface area contributed by atoms with E-state index in [1.807, 2.05) is 6.92 Å². The second-order valence-electron chi connectivity index (χ2n) is 6.09. The number of alkyl halides is 3. The molecule has 0 N–H and O–H groups in total. The van der Waals surface area contributed by atoms with Crippen LogP contribution in [0.3, 0.4) is 0 Å². The molecule has 0 spiro atoms. The number of hydrogen-bond donors (Lipinski definition) is 0. The number of hydrogen-bond acceptors (Lipinski definition) is 3. The predicted octanol–water partition coefficient (Wildman–Crippen LogP) is 3.92. The van der Waals surface area contributed by atoms with Gasteiger partial charge < -0.3 is 4.90 Å². The molecular weight excluding hydrogens is 358 g/mol. The maximum atomic E-state index is 14.8. The first kappa shape index (κ1) is 19.9. The third-order valence-electron chi connectivity index (χ3n) is 4.43. The van der Waals surface area contributed by atoms with Crippen LogP contribution in [0.5, 0.6) is 0 Å². The first-order valence-corrected chi connectivity index (χ1v) is 9.77.